The third-order valence-corrected chi connectivity index (χ3v) is 6.90. The molecule has 4 amide bonds. The number of rotatable bonds is 7. The Morgan fingerprint density at radius 3 is 2.49 bits per heavy atom. The average molecular weight is 492 g/mol. The molecule has 2 N–H and O–H groups in total. The van der Waals surface area contributed by atoms with Gasteiger partial charge < -0.3 is 10.6 Å². The van der Waals surface area contributed by atoms with Gasteiger partial charge in [0.05, 0.1) is 11.3 Å². The Balaban J connectivity index is 1.27. The van der Waals surface area contributed by atoms with Gasteiger partial charge in [0, 0.05) is 29.9 Å². The maximum atomic E-state index is 13.1. The van der Waals surface area contributed by atoms with E-state index in [-0.39, 0.29) is 24.4 Å². The lowest BCUT2D eigenvalue weighted by Crippen LogP contribution is -2.44. The van der Waals surface area contributed by atoms with Crippen LogP contribution in [0.2, 0.25) is 5.02 Å². The molecule has 3 aromatic rings. The van der Waals surface area contributed by atoms with Gasteiger partial charge in [-0.05, 0) is 43.5 Å². The summed E-state index contributed by atoms with van der Waals surface area (Å²) >= 11 is 6.04. The normalized spacial score (nSPS) is 16.7. The zero-order valence-corrected chi connectivity index (χ0v) is 19.9. The summed E-state index contributed by atoms with van der Waals surface area (Å²) in [6.45, 7) is 0.583. The van der Waals surface area contributed by atoms with Crippen molar-refractivity contribution < 1.29 is 14.4 Å². The highest BCUT2D eigenvalue weighted by Crippen LogP contribution is 2.35. The molecular weight excluding hydrogens is 466 g/mol. The van der Waals surface area contributed by atoms with Gasteiger partial charge in [0.1, 0.15) is 11.2 Å². The molecule has 0 atom stereocenters. The van der Waals surface area contributed by atoms with Gasteiger partial charge in [-0.1, -0.05) is 54.8 Å². The van der Waals surface area contributed by atoms with Gasteiger partial charge in [-0.2, -0.15) is 5.10 Å². The van der Waals surface area contributed by atoms with Crippen molar-refractivity contribution in [2.75, 3.05) is 13.1 Å². The van der Waals surface area contributed by atoms with Crippen molar-refractivity contribution in [1.29, 1.82) is 0 Å². The second-order valence-corrected chi connectivity index (χ2v) is 9.40. The van der Waals surface area contributed by atoms with Crippen molar-refractivity contribution in [3.05, 3.63) is 71.4 Å². The van der Waals surface area contributed by atoms with Crippen molar-refractivity contribution in [2.45, 2.75) is 37.6 Å². The van der Waals surface area contributed by atoms with Gasteiger partial charge in [0.25, 0.3) is 11.8 Å². The van der Waals surface area contributed by atoms with E-state index in [1.54, 1.807) is 23.0 Å². The van der Waals surface area contributed by atoms with Crippen LogP contribution in [0.1, 0.15) is 42.5 Å². The maximum Gasteiger partial charge on any atom is 0.325 e. The number of imide groups is 1. The molecule has 0 bridgehead atoms. The Hall–Kier alpha value is -3.65. The Bertz CT molecular complexity index is 1250. The number of hydrogen-bond acceptors (Lipinski definition) is 4. The molecule has 1 aromatic heterocycles. The summed E-state index contributed by atoms with van der Waals surface area (Å²) in [4.78, 5) is 39.5. The van der Waals surface area contributed by atoms with E-state index in [9.17, 15) is 14.4 Å². The monoisotopic (exact) mass is 491 g/mol. The first-order valence-electron chi connectivity index (χ1n) is 11.8. The van der Waals surface area contributed by atoms with Crippen LogP contribution >= 0.6 is 11.6 Å². The van der Waals surface area contributed by atoms with Crippen molar-refractivity contribution in [3.8, 4) is 16.9 Å². The summed E-state index contributed by atoms with van der Waals surface area (Å²) in [5.74, 6) is -0.415. The van der Waals surface area contributed by atoms with Crippen molar-refractivity contribution in [2.24, 2.45) is 0 Å². The van der Waals surface area contributed by atoms with Crippen molar-refractivity contribution in [1.82, 2.24) is 25.3 Å². The molecule has 1 saturated carbocycles. The first-order chi connectivity index (χ1) is 17.0. The van der Waals surface area contributed by atoms with Gasteiger partial charge in [-0.3, -0.25) is 14.5 Å². The first-order valence-corrected chi connectivity index (χ1v) is 12.2. The highest BCUT2D eigenvalue weighted by Gasteiger charge is 2.51. The van der Waals surface area contributed by atoms with Crippen molar-refractivity contribution in [3.63, 3.8) is 0 Å². The fraction of sp³-hybridized carbons (Fsp3) is 0.308. The first kappa shape index (κ1) is 23.1. The minimum atomic E-state index is -0.708. The van der Waals surface area contributed by atoms with Crippen LogP contribution in [-0.2, 0) is 4.79 Å². The Morgan fingerprint density at radius 1 is 1.06 bits per heavy atom. The van der Waals surface area contributed by atoms with E-state index in [0.29, 0.717) is 42.1 Å². The highest BCUT2D eigenvalue weighted by molar-refractivity contribution is 6.30. The number of para-hydroxylation sites is 1. The van der Waals surface area contributed by atoms with E-state index < -0.39 is 5.54 Å². The number of hydrogen-bond donors (Lipinski definition) is 2. The number of carbonyl (C=O) groups is 3. The Labute approximate surface area is 208 Å². The molecule has 2 heterocycles. The predicted molar refractivity (Wildman–Crippen MR) is 132 cm³/mol. The standard InChI is InChI=1S/C26H26ClN5O3/c27-19-11-9-18(10-12-19)22-21(17-32(30-22)20-7-2-1-3-8-20)23(33)28-15-6-16-31-24(34)26(29-25(31)35)13-4-5-14-26/h1-3,7-12,17H,4-6,13-16H2,(H,28,33)(H,29,35). The molecule has 180 valence electrons. The minimum absolute atomic E-state index is 0.138. The molecule has 2 fully saturated rings. The lowest BCUT2D eigenvalue weighted by Gasteiger charge is -2.20. The molecule has 9 heteroatoms. The molecule has 1 aliphatic heterocycles. The van der Waals surface area contributed by atoms with Crippen molar-refractivity contribution >= 4 is 29.4 Å². The number of amides is 4. The van der Waals surface area contributed by atoms with Crippen LogP contribution in [0.5, 0.6) is 0 Å². The minimum Gasteiger partial charge on any atom is -0.352 e. The molecule has 2 aromatic carbocycles. The van der Waals surface area contributed by atoms with Gasteiger partial charge in [-0.15, -0.1) is 0 Å². The fourth-order valence-corrected chi connectivity index (χ4v) is 4.93. The van der Waals surface area contributed by atoms with Gasteiger partial charge in [-0.25, -0.2) is 9.48 Å². The summed E-state index contributed by atoms with van der Waals surface area (Å²) in [5.41, 5.74) is 1.87. The van der Waals surface area contributed by atoms with Gasteiger partial charge >= 0.3 is 6.03 Å². The van der Waals surface area contributed by atoms with Crippen LogP contribution in [-0.4, -0.2) is 51.2 Å². The van der Waals surface area contributed by atoms with E-state index in [1.165, 1.54) is 4.90 Å². The van der Waals surface area contributed by atoms with E-state index in [4.69, 9.17) is 11.6 Å². The van der Waals surface area contributed by atoms with E-state index in [0.717, 1.165) is 24.1 Å². The number of carbonyl (C=O) groups excluding carboxylic acids is 3. The highest BCUT2D eigenvalue weighted by atomic mass is 35.5. The second kappa shape index (κ2) is 9.54. The summed E-state index contributed by atoms with van der Waals surface area (Å²) in [7, 11) is 0. The quantitative estimate of drug-likeness (QED) is 0.383. The van der Waals surface area contributed by atoms with Gasteiger partial charge in [0.15, 0.2) is 0 Å². The number of nitrogens with zero attached hydrogens (tertiary/aromatic N) is 3. The smallest absolute Gasteiger partial charge is 0.325 e. The topological polar surface area (TPSA) is 96.3 Å². The van der Waals surface area contributed by atoms with E-state index in [1.807, 2.05) is 42.5 Å². The zero-order valence-electron chi connectivity index (χ0n) is 19.2. The van der Waals surface area contributed by atoms with Crippen LogP contribution < -0.4 is 10.6 Å². The Morgan fingerprint density at radius 2 is 1.77 bits per heavy atom. The van der Waals surface area contributed by atoms with Crippen LogP contribution in [0.4, 0.5) is 4.79 Å². The zero-order chi connectivity index (χ0) is 24.4. The van der Waals surface area contributed by atoms with Crippen LogP contribution in [0, 0.1) is 0 Å². The molecule has 35 heavy (non-hydrogen) atoms. The van der Waals surface area contributed by atoms with Crippen LogP contribution in [0.3, 0.4) is 0 Å². The molecule has 5 rings (SSSR count). The number of benzene rings is 2. The Kier molecular flexibility index (Phi) is 6.30. The summed E-state index contributed by atoms with van der Waals surface area (Å²) in [6, 6.07) is 16.4. The largest absolute Gasteiger partial charge is 0.352 e. The lowest BCUT2D eigenvalue weighted by atomic mass is 9.98. The molecule has 1 aliphatic carbocycles. The SMILES string of the molecule is O=C(NCCCN1C(=O)NC2(CCCC2)C1=O)c1cn(-c2ccccc2)nc1-c1ccc(Cl)cc1. The number of urea groups is 1. The summed E-state index contributed by atoms with van der Waals surface area (Å²) in [6.07, 6.45) is 5.46. The summed E-state index contributed by atoms with van der Waals surface area (Å²) < 4.78 is 1.67. The summed E-state index contributed by atoms with van der Waals surface area (Å²) in [5, 5.41) is 11.1. The third-order valence-electron chi connectivity index (χ3n) is 6.64. The number of nitrogens with one attached hydrogen (secondary N) is 2. The van der Waals surface area contributed by atoms with Crippen LogP contribution in [0.15, 0.2) is 60.8 Å². The molecule has 1 spiro atoms. The predicted octanol–water partition coefficient (Wildman–Crippen LogP) is 4.18. The van der Waals surface area contributed by atoms with E-state index >= 15 is 0 Å². The molecular formula is C26H26ClN5O3. The second-order valence-electron chi connectivity index (χ2n) is 8.96. The molecule has 8 nitrogen and oxygen atoms in total. The van der Waals surface area contributed by atoms with Gasteiger partial charge in [0.2, 0.25) is 0 Å². The molecule has 2 aliphatic rings. The van der Waals surface area contributed by atoms with E-state index in [2.05, 4.69) is 15.7 Å². The number of aromatic nitrogens is 2. The third kappa shape index (κ3) is 4.53. The van der Waals surface area contributed by atoms with Crippen LogP contribution in [0.25, 0.3) is 16.9 Å². The molecule has 0 radical (unpaired) electrons. The average Bonchev–Trinajstić information content (AvgIpc) is 3.58. The fourth-order valence-electron chi connectivity index (χ4n) is 4.81. The number of halogens is 1. The molecule has 1 saturated heterocycles. The maximum absolute atomic E-state index is 13.1. The lowest BCUT2D eigenvalue weighted by molar-refractivity contribution is -0.131. The molecule has 0 unspecified atom stereocenters.